The van der Waals surface area contributed by atoms with E-state index in [0.717, 1.165) is 16.7 Å². The van der Waals surface area contributed by atoms with Crippen LogP contribution in [0.15, 0.2) is 30.6 Å². The van der Waals surface area contributed by atoms with Crippen LogP contribution in [-0.4, -0.2) is 21.7 Å². The number of nitriles is 1. The van der Waals surface area contributed by atoms with Gasteiger partial charge in [-0.25, -0.2) is 9.50 Å². The smallest absolute Gasteiger partial charge is 0.173 e. The summed E-state index contributed by atoms with van der Waals surface area (Å²) < 4.78 is 6.83. The van der Waals surface area contributed by atoms with Crippen molar-refractivity contribution >= 4 is 16.6 Å². The molecule has 0 saturated heterocycles. The number of ether oxygens (including phenoxy) is 1. The van der Waals surface area contributed by atoms with Gasteiger partial charge in [-0.15, -0.1) is 0 Å². The Morgan fingerprint density at radius 1 is 1.35 bits per heavy atom. The molecule has 0 aliphatic heterocycles. The quantitative estimate of drug-likeness (QED) is 0.631. The molecule has 17 heavy (non-hydrogen) atoms. The van der Waals surface area contributed by atoms with Crippen LogP contribution in [0, 0.1) is 11.3 Å². The number of methoxy groups -OCH3 is 1. The summed E-state index contributed by atoms with van der Waals surface area (Å²) in [7, 11) is 1.61. The molecule has 0 aliphatic rings. The largest absolute Gasteiger partial charge is 0.497 e. The number of hydrogen-bond donors (Lipinski definition) is 0. The first kappa shape index (κ1) is 9.60. The molecule has 0 amide bonds. The summed E-state index contributed by atoms with van der Waals surface area (Å²) in [6.07, 6.45) is 3.24. The zero-order valence-corrected chi connectivity index (χ0v) is 9.08. The van der Waals surface area contributed by atoms with Crippen molar-refractivity contribution in [3.8, 4) is 11.8 Å². The van der Waals surface area contributed by atoms with E-state index < -0.39 is 0 Å². The number of aromatic nitrogens is 3. The first-order valence-corrected chi connectivity index (χ1v) is 5.04. The van der Waals surface area contributed by atoms with E-state index in [9.17, 15) is 0 Å². The van der Waals surface area contributed by atoms with E-state index in [1.165, 1.54) is 6.20 Å². The van der Waals surface area contributed by atoms with Gasteiger partial charge in [0.2, 0.25) is 0 Å². The van der Waals surface area contributed by atoms with Gasteiger partial charge in [0.1, 0.15) is 17.4 Å². The third kappa shape index (κ3) is 1.31. The molecule has 0 atom stereocenters. The van der Waals surface area contributed by atoms with Crippen molar-refractivity contribution in [1.82, 2.24) is 14.6 Å². The zero-order valence-electron chi connectivity index (χ0n) is 9.08. The van der Waals surface area contributed by atoms with Crippen molar-refractivity contribution in [3.05, 3.63) is 36.2 Å². The molecule has 0 N–H and O–H groups in total. The summed E-state index contributed by atoms with van der Waals surface area (Å²) in [5.74, 6) is 0.749. The molecule has 0 saturated carbocycles. The fourth-order valence-corrected chi connectivity index (χ4v) is 1.80. The minimum absolute atomic E-state index is 0.467. The Morgan fingerprint density at radius 2 is 2.24 bits per heavy atom. The van der Waals surface area contributed by atoms with Crippen LogP contribution in [0.1, 0.15) is 5.56 Å². The van der Waals surface area contributed by atoms with E-state index in [2.05, 4.69) is 16.2 Å². The lowest BCUT2D eigenvalue weighted by atomic mass is 10.2. The summed E-state index contributed by atoms with van der Waals surface area (Å²) in [6.45, 7) is 0. The number of rotatable bonds is 1. The summed E-state index contributed by atoms with van der Waals surface area (Å²) in [6, 6.07) is 7.72. The first-order valence-electron chi connectivity index (χ1n) is 5.04. The van der Waals surface area contributed by atoms with Gasteiger partial charge < -0.3 is 4.74 Å². The maximum atomic E-state index is 8.93. The van der Waals surface area contributed by atoms with E-state index in [1.807, 2.05) is 18.2 Å². The van der Waals surface area contributed by atoms with E-state index in [4.69, 9.17) is 10.00 Å². The Morgan fingerprint density at radius 3 is 3.00 bits per heavy atom. The third-order valence-corrected chi connectivity index (χ3v) is 2.66. The van der Waals surface area contributed by atoms with Crippen LogP contribution in [0.25, 0.3) is 16.6 Å². The predicted octanol–water partition coefficient (Wildman–Crippen LogP) is 1.76. The van der Waals surface area contributed by atoms with Crippen LogP contribution in [0.5, 0.6) is 5.75 Å². The summed E-state index contributed by atoms with van der Waals surface area (Å²) in [4.78, 5) is 4.23. The third-order valence-electron chi connectivity index (χ3n) is 2.66. The van der Waals surface area contributed by atoms with Gasteiger partial charge in [0.25, 0.3) is 0 Å². The van der Waals surface area contributed by atoms with E-state index in [1.54, 1.807) is 17.8 Å². The molecule has 3 aromatic rings. The fourth-order valence-electron chi connectivity index (χ4n) is 1.80. The highest BCUT2D eigenvalue weighted by Gasteiger charge is 2.08. The van der Waals surface area contributed by atoms with E-state index in [0.29, 0.717) is 11.2 Å². The SMILES string of the molecule is COc1ccc2cnc3c(C#N)cnn3c2c1. The van der Waals surface area contributed by atoms with Gasteiger partial charge in [-0.1, -0.05) is 0 Å². The number of nitrogens with zero attached hydrogens (tertiary/aromatic N) is 4. The van der Waals surface area contributed by atoms with Crippen LogP contribution in [-0.2, 0) is 0 Å². The lowest BCUT2D eigenvalue weighted by Gasteiger charge is -2.03. The number of benzene rings is 1. The van der Waals surface area contributed by atoms with Crippen molar-refractivity contribution in [1.29, 1.82) is 5.26 Å². The Kier molecular flexibility index (Phi) is 1.95. The molecule has 0 bridgehead atoms. The minimum atomic E-state index is 0.467. The van der Waals surface area contributed by atoms with Crippen molar-refractivity contribution in [2.75, 3.05) is 7.11 Å². The second-order valence-corrected chi connectivity index (χ2v) is 3.59. The Labute approximate surface area is 96.9 Å². The first-order chi connectivity index (χ1) is 8.33. The molecule has 0 fully saturated rings. The highest BCUT2D eigenvalue weighted by Crippen LogP contribution is 2.21. The molecule has 0 aliphatic carbocycles. The van der Waals surface area contributed by atoms with Crippen LogP contribution < -0.4 is 4.74 Å². The molecule has 0 radical (unpaired) electrons. The molecule has 2 aromatic heterocycles. The molecule has 0 spiro atoms. The summed E-state index contributed by atoms with van der Waals surface area (Å²) in [5, 5.41) is 14.0. The van der Waals surface area contributed by atoms with Gasteiger partial charge >= 0.3 is 0 Å². The molecule has 0 unspecified atom stereocenters. The van der Waals surface area contributed by atoms with Crippen LogP contribution >= 0.6 is 0 Å². The average Bonchev–Trinajstić information content (AvgIpc) is 2.81. The lowest BCUT2D eigenvalue weighted by Crippen LogP contribution is -1.94. The molecule has 1 aromatic carbocycles. The molecular weight excluding hydrogens is 216 g/mol. The normalized spacial score (nSPS) is 10.6. The Hall–Kier alpha value is -2.61. The van der Waals surface area contributed by atoms with Gasteiger partial charge in [0.15, 0.2) is 5.65 Å². The average molecular weight is 224 g/mol. The zero-order chi connectivity index (χ0) is 11.8. The van der Waals surface area contributed by atoms with Gasteiger partial charge in [-0.2, -0.15) is 10.4 Å². The summed E-state index contributed by atoms with van der Waals surface area (Å²) >= 11 is 0. The topological polar surface area (TPSA) is 63.2 Å². The second kappa shape index (κ2) is 3.46. The maximum Gasteiger partial charge on any atom is 0.173 e. The molecule has 3 rings (SSSR count). The summed E-state index contributed by atoms with van der Waals surface area (Å²) in [5.41, 5.74) is 1.90. The standard InChI is InChI=1S/C12H8N4O/c1-17-10-3-2-8-6-14-12-9(5-13)7-15-16(12)11(8)4-10/h2-4,6-7H,1H3. The highest BCUT2D eigenvalue weighted by atomic mass is 16.5. The Bertz CT molecular complexity index is 754. The molecule has 82 valence electrons. The fraction of sp³-hybridized carbons (Fsp3) is 0.0833. The van der Waals surface area contributed by atoms with E-state index in [-0.39, 0.29) is 0 Å². The lowest BCUT2D eigenvalue weighted by molar-refractivity contribution is 0.415. The van der Waals surface area contributed by atoms with E-state index >= 15 is 0 Å². The predicted molar refractivity (Wildman–Crippen MR) is 61.8 cm³/mol. The van der Waals surface area contributed by atoms with Crippen molar-refractivity contribution in [3.63, 3.8) is 0 Å². The second-order valence-electron chi connectivity index (χ2n) is 3.59. The van der Waals surface area contributed by atoms with Crippen molar-refractivity contribution in [2.45, 2.75) is 0 Å². The Balaban J connectivity index is 2.46. The highest BCUT2D eigenvalue weighted by molar-refractivity contribution is 5.82. The van der Waals surface area contributed by atoms with Crippen LogP contribution in [0.3, 0.4) is 0 Å². The molecule has 2 heterocycles. The number of fused-ring (bicyclic) bond motifs is 3. The minimum Gasteiger partial charge on any atom is -0.497 e. The number of hydrogen-bond acceptors (Lipinski definition) is 4. The van der Waals surface area contributed by atoms with Gasteiger partial charge in [-0.3, -0.25) is 0 Å². The molecule has 5 nitrogen and oxygen atoms in total. The maximum absolute atomic E-state index is 8.93. The van der Waals surface area contributed by atoms with Gasteiger partial charge in [0, 0.05) is 17.6 Å². The van der Waals surface area contributed by atoms with Gasteiger partial charge in [-0.05, 0) is 12.1 Å². The molecule has 5 heteroatoms. The van der Waals surface area contributed by atoms with Crippen LogP contribution in [0.4, 0.5) is 0 Å². The van der Waals surface area contributed by atoms with Crippen LogP contribution in [0.2, 0.25) is 0 Å². The van der Waals surface area contributed by atoms with Gasteiger partial charge in [0.05, 0.1) is 18.8 Å². The monoisotopic (exact) mass is 224 g/mol. The molecular formula is C12H8N4O. The van der Waals surface area contributed by atoms with Crippen molar-refractivity contribution in [2.24, 2.45) is 0 Å². The van der Waals surface area contributed by atoms with Crippen molar-refractivity contribution < 1.29 is 4.74 Å².